The quantitative estimate of drug-likeness (QED) is 0.125. The molecular formula is C16H36ClN5O3. The molecule has 0 aromatic carbocycles. The van der Waals surface area contributed by atoms with Crippen molar-refractivity contribution in [2.24, 2.45) is 11.5 Å². The highest BCUT2D eigenvalue weighted by Crippen LogP contribution is 2.11. The Morgan fingerprint density at radius 2 is 1.68 bits per heavy atom. The highest BCUT2D eigenvalue weighted by molar-refractivity contribution is 5.85. The maximum Gasteiger partial charge on any atom is 0.234 e. The first-order valence-electron chi connectivity index (χ1n) is 8.85. The Morgan fingerprint density at radius 1 is 1.12 bits per heavy atom. The summed E-state index contributed by atoms with van der Waals surface area (Å²) in [5, 5.41) is 12.8. The number of unbranched alkanes of at least 4 members (excludes halogenated alkanes) is 2. The van der Waals surface area contributed by atoms with Gasteiger partial charge in [-0.15, -0.1) is 12.4 Å². The molecule has 0 saturated heterocycles. The molecule has 8 nitrogen and oxygen atoms in total. The van der Waals surface area contributed by atoms with Gasteiger partial charge in [0.05, 0.1) is 12.6 Å². The summed E-state index contributed by atoms with van der Waals surface area (Å²) in [5.74, 6) is -0.296. The molecule has 150 valence electrons. The number of carbonyl (C=O) groups is 1. The van der Waals surface area contributed by atoms with Gasteiger partial charge >= 0.3 is 0 Å². The molecule has 0 saturated carbocycles. The van der Waals surface area contributed by atoms with Crippen molar-refractivity contribution < 1.29 is 14.3 Å². The Morgan fingerprint density at radius 3 is 2.12 bits per heavy atom. The number of nitrogens with one attached hydrogen (secondary N) is 3. The first-order valence-corrected chi connectivity index (χ1v) is 8.85. The molecule has 1 amide bonds. The fourth-order valence-corrected chi connectivity index (χ4v) is 2.06. The van der Waals surface area contributed by atoms with Crippen LogP contribution in [0, 0.1) is 5.41 Å². The largest absolute Gasteiger partial charge is 0.370 e. The van der Waals surface area contributed by atoms with Crippen LogP contribution in [0.3, 0.4) is 0 Å². The highest BCUT2D eigenvalue weighted by Gasteiger charge is 2.24. The van der Waals surface area contributed by atoms with E-state index in [1.165, 1.54) is 0 Å². The number of amides is 1. The molecule has 0 bridgehead atoms. The van der Waals surface area contributed by atoms with Gasteiger partial charge in [0.2, 0.25) is 5.91 Å². The van der Waals surface area contributed by atoms with E-state index in [1.54, 1.807) is 0 Å². The fraction of sp³-hybridized carbons (Fsp3) is 0.875. The molecule has 1 atom stereocenters. The maximum absolute atomic E-state index is 11.7. The zero-order valence-corrected chi connectivity index (χ0v) is 16.3. The molecule has 0 radical (unpaired) electrons. The normalized spacial score (nSPS) is 11.7. The van der Waals surface area contributed by atoms with Crippen LogP contribution in [0.4, 0.5) is 0 Å². The van der Waals surface area contributed by atoms with Crippen LogP contribution in [0.25, 0.3) is 0 Å². The molecule has 0 fully saturated rings. The van der Waals surface area contributed by atoms with Crippen LogP contribution in [-0.2, 0) is 14.3 Å². The lowest BCUT2D eigenvalue weighted by Gasteiger charge is -2.28. The van der Waals surface area contributed by atoms with E-state index in [0.717, 1.165) is 32.1 Å². The summed E-state index contributed by atoms with van der Waals surface area (Å²) in [4.78, 5) is 11.7. The second kappa shape index (κ2) is 17.7. The first kappa shape index (κ1) is 26.1. The number of guanidine groups is 1. The van der Waals surface area contributed by atoms with Crippen LogP contribution in [0.1, 0.15) is 52.4 Å². The lowest BCUT2D eigenvalue weighted by atomic mass is 10.1. The molecule has 25 heavy (non-hydrogen) atoms. The van der Waals surface area contributed by atoms with Crippen molar-refractivity contribution in [2.45, 2.75) is 64.7 Å². The van der Waals surface area contributed by atoms with Gasteiger partial charge in [-0.25, -0.2) is 0 Å². The average Bonchev–Trinajstić information content (AvgIpc) is 2.56. The van der Waals surface area contributed by atoms with Gasteiger partial charge in [0.1, 0.15) is 0 Å². The Labute approximate surface area is 157 Å². The number of carbonyl (C=O) groups excluding carboxylic acids is 1. The maximum atomic E-state index is 11.7. The summed E-state index contributed by atoms with van der Waals surface area (Å²) in [6.45, 7) is 5.86. The third-order valence-corrected chi connectivity index (χ3v) is 3.43. The zero-order valence-electron chi connectivity index (χ0n) is 15.5. The Kier molecular flexibility index (Phi) is 18.5. The van der Waals surface area contributed by atoms with Crippen molar-refractivity contribution >= 4 is 24.3 Å². The SMILES string of the molecule is CCCCOC(OCCCC)[C@H](CCCNC(=N)N)NC(=O)CN.Cl. The van der Waals surface area contributed by atoms with E-state index < -0.39 is 6.29 Å². The van der Waals surface area contributed by atoms with E-state index in [4.69, 9.17) is 26.4 Å². The third kappa shape index (κ3) is 14.9. The minimum absolute atomic E-state index is 0. The topological polar surface area (TPSA) is 135 Å². The van der Waals surface area contributed by atoms with E-state index in [-0.39, 0.29) is 36.9 Å². The molecule has 0 aliphatic carbocycles. The molecule has 0 aliphatic heterocycles. The van der Waals surface area contributed by atoms with Crippen molar-refractivity contribution in [2.75, 3.05) is 26.3 Å². The van der Waals surface area contributed by atoms with Crippen molar-refractivity contribution in [1.82, 2.24) is 10.6 Å². The summed E-state index contributed by atoms with van der Waals surface area (Å²) >= 11 is 0. The Balaban J connectivity index is 0. The molecular weight excluding hydrogens is 346 g/mol. The van der Waals surface area contributed by atoms with Crippen LogP contribution < -0.4 is 22.1 Å². The van der Waals surface area contributed by atoms with Gasteiger partial charge in [-0.1, -0.05) is 26.7 Å². The van der Waals surface area contributed by atoms with Gasteiger partial charge in [0, 0.05) is 19.8 Å². The van der Waals surface area contributed by atoms with E-state index in [0.29, 0.717) is 26.2 Å². The molecule has 0 heterocycles. The van der Waals surface area contributed by atoms with Gasteiger partial charge in [-0.05, 0) is 25.7 Å². The zero-order chi connectivity index (χ0) is 18.2. The number of rotatable bonds is 15. The monoisotopic (exact) mass is 381 g/mol. The van der Waals surface area contributed by atoms with E-state index >= 15 is 0 Å². The minimum Gasteiger partial charge on any atom is -0.370 e. The molecule has 7 N–H and O–H groups in total. The molecule has 9 heteroatoms. The summed E-state index contributed by atoms with van der Waals surface area (Å²) in [7, 11) is 0. The van der Waals surface area contributed by atoms with Crippen molar-refractivity contribution in [3.63, 3.8) is 0 Å². The average molecular weight is 382 g/mol. The second-order valence-electron chi connectivity index (χ2n) is 5.68. The Bertz CT molecular complexity index is 338. The van der Waals surface area contributed by atoms with Gasteiger partial charge in [0.15, 0.2) is 12.2 Å². The third-order valence-electron chi connectivity index (χ3n) is 3.43. The number of halogens is 1. The summed E-state index contributed by atoms with van der Waals surface area (Å²) in [5.41, 5.74) is 10.7. The molecule has 0 spiro atoms. The number of hydrogen-bond acceptors (Lipinski definition) is 5. The van der Waals surface area contributed by atoms with E-state index in [9.17, 15) is 4.79 Å². The van der Waals surface area contributed by atoms with Crippen molar-refractivity contribution in [1.29, 1.82) is 5.41 Å². The van der Waals surface area contributed by atoms with Crippen LogP contribution in [0.5, 0.6) is 0 Å². The molecule has 0 rings (SSSR count). The first-order chi connectivity index (χ1) is 11.5. The summed E-state index contributed by atoms with van der Waals surface area (Å²) in [6.07, 6.45) is 4.83. The standard InChI is InChI=1S/C16H35N5O3.ClH/c1-3-5-10-23-15(24-11-6-4-2)13(21-14(22)12-17)8-7-9-20-16(18)19;/h13,15H,3-12,17H2,1-2H3,(H,21,22)(H4,18,19,20);1H/t13-;/m0./s1. The fourth-order valence-electron chi connectivity index (χ4n) is 2.06. The van der Waals surface area contributed by atoms with E-state index in [1.807, 2.05) is 0 Å². The Hall–Kier alpha value is -1.09. The van der Waals surface area contributed by atoms with Crippen LogP contribution in [0.15, 0.2) is 0 Å². The smallest absolute Gasteiger partial charge is 0.234 e. The molecule has 0 unspecified atom stereocenters. The van der Waals surface area contributed by atoms with Crippen LogP contribution >= 0.6 is 12.4 Å². The van der Waals surface area contributed by atoms with Crippen molar-refractivity contribution in [3.8, 4) is 0 Å². The number of hydrogen-bond donors (Lipinski definition) is 5. The molecule has 0 aromatic heterocycles. The number of ether oxygens (including phenoxy) is 2. The molecule has 0 aliphatic rings. The van der Waals surface area contributed by atoms with Gasteiger partial charge in [-0.3, -0.25) is 10.2 Å². The molecule has 0 aromatic rings. The highest BCUT2D eigenvalue weighted by atomic mass is 35.5. The van der Waals surface area contributed by atoms with Crippen LogP contribution in [-0.4, -0.2) is 50.5 Å². The summed E-state index contributed by atoms with van der Waals surface area (Å²) in [6, 6.07) is -0.275. The van der Waals surface area contributed by atoms with Crippen LogP contribution in [0.2, 0.25) is 0 Å². The lowest BCUT2D eigenvalue weighted by Crippen LogP contribution is -2.48. The second-order valence-corrected chi connectivity index (χ2v) is 5.68. The van der Waals surface area contributed by atoms with Gasteiger partial charge < -0.3 is 31.6 Å². The lowest BCUT2D eigenvalue weighted by molar-refractivity contribution is -0.165. The van der Waals surface area contributed by atoms with Crippen molar-refractivity contribution in [3.05, 3.63) is 0 Å². The van der Waals surface area contributed by atoms with Gasteiger partial charge in [-0.2, -0.15) is 0 Å². The predicted octanol–water partition coefficient (Wildman–Crippen LogP) is 1.07. The van der Waals surface area contributed by atoms with Gasteiger partial charge in [0.25, 0.3) is 0 Å². The van der Waals surface area contributed by atoms with E-state index in [2.05, 4.69) is 24.5 Å². The number of nitrogens with two attached hydrogens (primary N) is 2. The minimum atomic E-state index is -0.490. The predicted molar refractivity (Wildman–Crippen MR) is 103 cm³/mol. The summed E-state index contributed by atoms with van der Waals surface area (Å²) < 4.78 is 11.7.